The highest BCUT2D eigenvalue weighted by Crippen LogP contribution is 2.16. The molecule has 18 heavy (non-hydrogen) atoms. The van der Waals surface area contributed by atoms with Crippen LogP contribution in [0.5, 0.6) is 0 Å². The lowest BCUT2D eigenvalue weighted by Gasteiger charge is -2.29. The molecular formula is C13H19N3O2. The molecule has 1 aromatic heterocycles. The lowest BCUT2D eigenvalue weighted by Crippen LogP contribution is -2.41. The summed E-state index contributed by atoms with van der Waals surface area (Å²) in [5, 5.41) is 14.6. The minimum absolute atomic E-state index is 0.570. The predicted molar refractivity (Wildman–Crippen MR) is 70.7 cm³/mol. The number of hydrazone groups is 1. The van der Waals surface area contributed by atoms with Crippen molar-refractivity contribution in [3.05, 3.63) is 30.1 Å². The quantitative estimate of drug-likeness (QED) is 0.661. The van der Waals surface area contributed by atoms with Gasteiger partial charge in [-0.2, -0.15) is 10.1 Å². The van der Waals surface area contributed by atoms with Crippen LogP contribution in [0.25, 0.3) is 0 Å². The third-order valence-electron chi connectivity index (χ3n) is 2.39. The first-order valence-corrected chi connectivity index (χ1v) is 5.87. The van der Waals surface area contributed by atoms with E-state index < -0.39 is 11.6 Å². The lowest BCUT2D eigenvalue weighted by molar-refractivity contribution is 0.103. The predicted octanol–water partition coefficient (Wildman–Crippen LogP) is 2.97. The maximum Gasteiger partial charge on any atom is 0.428 e. The number of pyridine rings is 1. The molecule has 1 heterocycles. The fourth-order valence-corrected chi connectivity index (χ4v) is 1.48. The second-order valence-corrected chi connectivity index (χ2v) is 4.90. The highest BCUT2D eigenvalue weighted by atomic mass is 16.4. The van der Waals surface area contributed by atoms with Crippen molar-refractivity contribution in [3.8, 4) is 0 Å². The summed E-state index contributed by atoms with van der Waals surface area (Å²) in [5.74, 6) is 0. The molecule has 1 amide bonds. The van der Waals surface area contributed by atoms with E-state index in [1.165, 1.54) is 0 Å². The second-order valence-electron chi connectivity index (χ2n) is 4.90. The summed E-state index contributed by atoms with van der Waals surface area (Å²) in [6, 6.07) is 3.65. The van der Waals surface area contributed by atoms with Gasteiger partial charge in [0.15, 0.2) is 0 Å². The van der Waals surface area contributed by atoms with E-state index in [0.29, 0.717) is 6.42 Å². The molecule has 98 valence electrons. The van der Waals surface area contributed by atoms with Crippen LogP contribution < -0.4 is 0 Å². The molecule has 1 rings (SSSR count). The second kappa shape index (κ2) is 5.62. The first kappa shape index (κ1) is 14.2. The van der Waals surface area contributed by atoms with Crippen molar-refractivity contribution < 1.29 is 9.90 Å². The van der Waals surface area contributed by atoms with Crippen LogP contribution in [0.1, 0.15) is 39.7 Å². The van der Waals surface area contributed by atoms with Gasteiger partial charge in [-0.1, -0.05) is 6.92 Å². The SMILES string of the molecule is CC/C(=N/N(C(=O)O)C(C)(C)C)c1ccncc1. The lowest BCUT2D eigenvalue weighted by atomic mass is 10.1. The molecule has 0 radical (unpaired) electrons. The molecule has 0 saturated carbocycles. The molecule has 5 nitrogen and oxygen atoms in total. The van der Waals surface area contributed by atoms with Crippen molar-refractivity contribution in [3.63, 3.8) is 0 Å². The van der Waals surface area contributed by atoms with E-state index in [9.17, 15) is 9.90 Å². The van der Waals surface area contributed by atoms with Crippen LogP contribution in [0.4, 0.5) is 4.79 Å². The van der Waals surface area contributed by atoms with Gasteiger partial charge in [-0.15, -0.1) is 0 Å². The molecular weight excluding hydrogens is 230 g/mol. The maximum absolute atomic E-state index is 11.2. The van der Waals surface area contributed by atoms with Crippen molar-refractivity contribution in [2.24, 2.45) is 5.10 Å². The Kier molecular flexibility index (Phi) is 4.42. The molecule has 0 spiro atoms. The summed E-state index contributed by atoms with van der Waals surface area (Å²) in [6.07, 6.45) is 2.94. The topological polar surface area (TPSA) is 65.8 Å². The van der Waals surface area contributed by atoms with E-state index in [0.717, 1.165) is 16.3 Å². The molecule has 0 aliphatic rings. The van der Waals surface area contributed by atoms with Crippen molar-refractivity contribution in [2.75, 3.05) is 0 Å². The third kappa shape index (κ3) is 3.55. The molecule has 0 atom stereocenters. The number of hydrogen-bond donors (Lipinski definition) is 1. The number of aromatic nitrogens is 1. The van der Waals surface area contributed by atoms with Crippen LogP contribution in [0.2, 0.25) is 0 Å². The monoisotopic (exact) mass is 249 g/mol. The summed E-state index contributed by atoms with van der Waals surface area (Å²) in [6.45, 7) is 7.38. The van der Waals surface area contributed by atoms with Crippen LogP contribution in [0.3, 0.4) is 0 Å². The molecule has 1 N–H and O–H groups in total. The minimum Gasteiger partial charge on any atom is -0.464 e. The van der Waals surface area contributed by atoms with Gasteiger partial charge in [0.2, 0.25) is 0 Å². The largest absolute Gasteiger partial charge is 0.464 e. The fourth-order valence-electron chi connectivity index (χ4n) is 1.48. The number of amides is 1. The van der Waals surface area contributed by atoms with E-state index in [-0.39, 0.29) is 0 Å². The molecule has 0 bridgehead atoms. The standard InChI is InChI=1S/C13H19N3O2/c1-5-11(10-6-8-14-9-7-10)15-16(12(17)18)13(2,3)4/h6-9H,5H2,1-4H3,(H,17,18)/b15-11-. The molecule has 0 aromatic carbocycles. The van der Waals surface area contributed by atoms with Crippen LogP contribution in [0.15, 0.2) is 29.6 Å². The molecule has 0 aliphatic heterocycles. The van der Waals surface area contributed by atoms with Gasteiger partial charge in [0, 0.05) is 18.0 Å². The Labute approximate surface area is 107 Å². The summed E-state index contributed by atoms with van der Waals surface area (Å²) < 4.78 is 0. The van der Waals surface area contributed by atoms with Gasteiger partial charge in [0.05, 0.1) is 11.3 Å². The summed E-state index contributed by atoms with van der Waals surface area (Å²) in [4.78, 5) is 15.2. The van der Waals surface area contributed by atoms with Crippen molar-refractivity contribution >= 4 is 11.8 Å². The Morgan fingerprint density at radius 1 is 1.39 bits per heavy atom. The van der Waals surface area contributed by atoms with Crippen molar-refractivity contribution in [1.82, 2.24) is 9.99 Å². The van der Waals surface area contributed by atoms with Crippen LogP contribution >= 0.6 is 0 Å². The highest BCUT2D eigenvalue weighted by molar-refractivity contribution is 6.00. The molecule has 1 aromatic rings. The van der Waals surface area contributed by atoms with Gasteiger partial charge < -0.3 is 5.11 Å². The average Bonchev–Trinajstić information content (AvgIpc) is 2.29. The van der Waals surface area contributed by atoms with Gasteiger partial charge in [0.1, 0.15) is 0 Å². The first-order chi connectivity index (χ1) is 8.36. The van der Waals surface area contributed by atoms with E-state index in [4.69, 9.17) is 0 Å². The van der Waals surface area contributed by atoms with Gasteiger partial charge in [-0.05, 0) is 39.3 Å². The van der Waals surface area contributed by atoms with E-state index >= 15 is 0 Å². The number of carboxylic acid groups (broad SMARTS) is 1. The van der Waals surface area contributed by atoms with E-state index in [1.807, 2.05) is 39.8 Å². The summed E-state index contributed by atoms with van der Waals surface area (Å²) >= 11 is 0. The Morgan fingerprint density at radius 3 is 2.33 bits per heavy atom. The first-order valence-electron chi connectivity index (χ1n) is 5.87. The van der Waals surface area contributed by atoms with Gasteiger partial charge in [0.25, 0.3) is 0 Å². The van der Waals surface area contributed by atoms with Gasteiger partial charge >= 0.3 is 6.09 Å². The highest BCUT2D eigenvalue weighted by Gasteiger charge is 2.26. The van der Waals surface area contributed by atoms with E-state index in [2.05, 4.69) is 10.1 Å². The van der Waals surface area contributed by atoms with Crippen LogP contribution in [-0.4, -0.2) is 32.4 Å². The van der Waals surface area contributed by atoms with E-state index in [1.54, 1.807) is 12.4 Å². The average molecular weight is 249 g/mol. The van der Waals surface area contributed by atoms with Crippen molar-refractivity contribution in [2.45, 2.75) is 39.7 Å². The van der Waals surface area contributed by atoms with Gasteiger partial charge in [-0.3, -0.25) is 4.98 Å². The molecule has 0 saturated heterocycles. The molecule has 0 fully saturated rings. The smallest absolute Gasteiger partial charge is 0.428 e. The Balaban J connectivity index is 3.14. The number of carbonyl (C=O) groups is 1. The number of nitrogens with zero attached hydrogens (tertiary/aromatic N) is 3. The molecule has 5 heteroatoms. The zero-order valence-corrected chi connectivity index (χ0v) is 11.2. The van der Waals surface area contributed by atoms with Gasteiger partial charge in [-0.25, -0.2) is 4.79 Å². The Bertz CT molecular complexity index is 435. The minimum atomic E-state index is -1.05. The zero-order chi connectivity index (χ0) is 13.8. The fraction of sp³-hybridized carbons (Fsp3) is 0.462. The summed E-state index contributed by atoms with van der Waals surface area (Å²) in [7, 11) is 0. The summed E-state index contributed by atoms with van der Waals surface area (Å²) in [5.41, 5.74) is 1.05. The van der Waals surface area contributed by atoms with Crippen LogP contribution in [-0.2, 0) is 0 Å². The van der Waals surface area contributed by atoms with Crippen molar-refractivity contribution in [1.29, 1.82) is 0 Å². The number of rotatable bonds is 3. The zero-order valence-electron chi connectivity index (χ0n) is 11.2. The molecule has 0 aliphatic carbocycles. The maximum atomic E-state index is 11.2. The number of hydrogen-bond acceptors (Lipinski definition) is 3. The van der Waals surface area contributed by atoms with Crippen LogP contribution in [0, 0.1) is 0 Å². The normalized spacial score (nSPS) is 12.3. The third-order valence-corrected chi connectivity index (χ3v) is 2.39. The Hall–Kier alpha value is -1.91. The Morgan fingerprint density at radius 2 is 1.94 bits per heavy atom. The molecule has 0 unspecified atom stereocenters.